The molecule has 0 spiro atoms. The molecule has 2 heterocycles. The summed E-state index contributed by atoms with van der Waals surface area (Å²) in [5.74, 6) is -1.99. The second-order valence-corrected chi connectivity index (χ2v) is 10.4. The second-order valence-electron chi connectivity index (χ2n) is 10.4. The van der Waals surface area contributed by atoms with E-state index >= 15 is 0 Å². The van der Waals surface area contributed by atoms with Crippen molar-refractivity contribution in [2.45, 2.75) is 31.8 Å². The summed E-state index contributed by atoms with van der Waals surface area (Å²) < 4.78 is 24.6. The molecule has 0 fully saturated rings. The van der Waals surface area contributed by atoms with Crippen molar-refractivity contribution in [3.05, 3.63) is 95.8 Å². The van der Waals surface area contributed by atoms with Gasteiger partial charge in [-0.05, 0) is 67.1 Å². The lowest BCUT2D eigenvalue weighted by atomic mass is 9.85. The van der Waals surface area contributed by atoms with Crippen molar-refractivity contribution in [2.24, 2.45) is 5.92 Å². The summed E-state index contributed by atoms with van der Waals surface area (Å²) in [7, 11) is 0. The molecule has 0 saturated heterocycles. The number of Topliss-reactive ketones (excluding diaryl/α,β-unsaturated/α-hetero) is 1. The highest BCUT2D eigenvalue weighted by Gasteiger charge is 2.41. The Labute approximate surface area is 241 Å². The summed E-state index contributed by atoms with van der Waals surface area (Å²) in [5, 5.41) is 2.94. The zero-order valence-corrected chi connectivity index (χ0v) is 22.6. The first kappa shape index (κ1) is 27.2. The molecule has 3 aromatic rings. The van der Waals surface area contributed by atoms with Crippen LogP contribution in [-0.4, -0.2) is 47.8 Å². The van der Waals surface area contributed by atoms with E-state index in [1.54, 1.807) is 54.6 Å². The maximum Gasteiger partial charge on any atom is 0.299 e. The van der Waals surface area contributed by atoms with Crippen LogP contribution in [0.5, 0.6) is 11.5 Å². The van der Waals surface area contributed by atoms with Gasteiger partial charge in [-0.15, -0.1) is 0 Å². The summed E-state index contributed by atoms with van der Waals surface area (Å²) >= 11 is 0. The number of anilines is 2. The number of halogens is 1. The van der Waals surface area contributed by atoms with Gasteiger partial charge < -0.3 is 19.7 Å². The predicted octanol–water partition coefficient (Wildman–Crippen LogP) is 4.48. The van der Waals surface area contributed by atoms with Crippen molar-refractivity contribution >= 4 is 34.9 Å². The fourth-order valence-corrected chi connectivity index (χ4v) is 5.66. The number of allylic oxidation sites excluding steroid dienone is 2. The number of hydrogen-bond donors (Lipinski definition) is 1. The molecule has 0 aromatic heterocycles. The molecule has 2 aliphatic heterocycles. The van der Waals surface area contributed by atoms with Crippen LogP contribution in [0.1, 0.15) is 35.2 Å². The third-order valence-electron chi connectivity index (χ3n) is 7.76. The predicted molar refractivity (Wildman–Crippen MR) is 152 cm³/mol. The third-order valence-corrected chi connectivity index (χ3v) is 7.76. The maximum absolute atomic E-state index is 14.1. The molecular formula is C32H28FN3O6. The molecule has 0 radical (unpaired) electrons. The van der Waals surface area contributed by atoms with E-state index in [9.17, 15) is 23.6 Å². The average molecular weight is 570 g/mol. The minimum absolute atomic E-state index is 0.00379. The van der Waals surface area contributed by atoms with E-state index in [0.717, 1.165) is 11.3 Å². The Balaban J connectivity index is 1.34. The van der Waals surface area contributed by atoms with Gasteiger partial charge in [0.15, 0.2) is 11.5 Å². The molecule has 0 bridgehead atoms. The van der Waals surface area contributed by atoms with Crippen LogP contribution < -0.4 is 19.7 Å². The van der Waals surface area contributed by atoms with E-state index in [2.05, 4.69) is 5.32 Å². The average Bonchev–Trinajstić information content (AvgIpc) is 3.57. The van der Waals surface area contributed by atoms with Gasteiger partial charge in [0.25, 0.3) is 11.7 Å². The summed E-state index contributed by atoms with van der Waals surface area (Å²) in [6.07, 6.45) is 6.00. The van der Waals surface area contributed by atoms with Gasteiger partial charge in [-0.1, -0.05) is 36.4 Å². The number of nitrogens with one attached hydrogen (secondary N) is 1. The molecule has 9 nitrogen and oxygen atoms in total. The van der Waals surface area contributed by atoms with E-state index in [1.165, 1.54) is 17.0 Å². The van der Waals surface area contributed by atoms with Gasteiger partial charge in [-0.25, -0.2) is 4.39 Å². The number of nitrogens with zero attached hydrogens (tertiary/aromatic N) is 2. The van der Waals surface area contributed by atoms with Crippen LogP contribution in [0.2, 0.25) is 0 Å². The van der Waals surface area contributed by atoms with Crippen LogP contribution in [0.15, 0.2) is 78.9 Å². The van der Waals surface area contributed by atoms with Crippen LogP contribution >= 0.6 is 0 Å². The highest BCUT2D eigenvalue weighted by Crippen LogP contribution is 2.35. The Morgan fingerprint density at radius 3 is 2.57 bits per heavy atom. The lowest BCUT2D eigenvalue weighted by Crippen LogP contribution is -2.54. The topological polar surface area (TPSA) is 105 Å². The molecule has 0 unspecified atom stereocenters. The maximum atomic E-state index is 14.1. The van der Waals surface area contributed by atoms with Crippen LogP contribution in [0.4, 0.5) is 15.8 Å². The van der Waals surface area contributed by atoms with Crippen molar-refractivity contribution < 1.29 is 33.0 Å². The summed E-state index contributed by atoms with van der Waals surface area (Å²) in [5.41, 5.74) is 1.67. The third kappa shape index (κ3) is 5.35. The van der Waals surface area contributed by atoms with Gasteiger partial charge >= 0.3 is 0 Å². The number of carbonyl (C=O) groups excluding carboxylic acids is 4. The number of hydrogen-bond acceptors (Lipinski definition) is 6. The van der Waals surface area contributed by atoms with E-state index in [0.29, 0.717) is 41.3 Å². The van der Waals surface area contributed by atoms with Crippen molar-refractivity contribution in [1.29, 1.82) is 0 Å². The molecule has 214 valence electrons. The monoisotopic (exact) mass is 569 g/mol. The van der Waals surface area contributed by atoms with Crippen LogP contribution in [0, 0.1) is 11.7 Å². The molecule has 42 heavy (non-hydrogen) atoms. The Kier molecular flexibility index (Phi) is 7.43. The number of ether oxygens (including phenoxy) is 2. The Morgan fingerprint density at radius 2 is 1.79 bits per heavy atom. The Bertz CT molecular complexity index is 1590. The lowest BCUT2D eigenvalue weighted by molar-refractivity contribution is -0.140. The van der Waals surface area contributed by atoms with Gasteiger partial charge in [0, 0.05) is 18.3 Å². The number of ketones is 1. The quantitative estimate of drug-likeness (QED) is 0.317. The molecular weight excluding hydrogens is 541 g/mol. The van der Waals surface area contributed by atoms with Crippen molar-refractivity contribution in [3.8, 4) is 11.5 Å². The number of para-hydroxylation sites is 1. The highest BCUT2D eigenvalue weighted by molar-refractivity contribution is 6.52. The number of amides is 3. The molecule has 1 aliphatic carbocycles. The van der Waals surface area contributed by atoms with Crippen molar-refractivity contribution in [1.82, 2.24) is 4.90 Å². The van der Waals surface area contributed by atoms with Crippen molar-refractivity contribution in [2.75, 3.05) is 23.6 Å². The second kappa shape index (κ2) is 11.5. The summed E-state index contributed by atoms with van der Waals surface area (Å²) in [6, 6.07) is 16.3. The number of fused-ring (bicyclic) bond motifs is 2. The molecule has 6 rings (SSSR count). The number of carbonyl (C=O) groups is 4. The fraction of sp³-hybridized carbons (Fsp3) is 0.250. The molecule has 1 N–H and O–H groups in total. The highest BCUT2D eigenvalue weighted by atomic mass is 19.1. The number of benzene rings is 3. The largest absolute Gasteiger partial charge is 0.454 e. The van der Waals surface area contributed by atoms with Crippen molar-refractivity contribution in [3.63, 3.8) is 0 Å². The summed E-state index contributed by atoms with van der Waals surface area (Å²) in [4.78, 5) is 56.3. The molecule has 3 aliphatic rings. The van der Waals surface area contributed by atoms with Crippen LogP contribution in [0.25, 0.3) is 0 Å². The van der Waals surface area contributed by atoms with Gasteiger partial charge in [0.05, 0.1) is 11.3 Å². The zero-order chi connectivity index (χ0) is 29.2. The van der Waals surface area contributed by atoms with E-state index in [-0.39, 0.29) is 24.8 Å². The Hall–Kier alpha value is -4.99. The SMILES string of the molecule is O=C1C(=O)N(CC(=O)N(Cc2ccc(F)cc2)[C@@H](C(=O)Nc2ccc3c(c2)OCO3)[C@@H]2CC=CCC2)c2ccccc21. The van der Waals surface area contributed by atoms with Gasteiger partial charge in [0.2, 0.25) is 18.6 Å². The normalized spacial score (nSPS) is 17.6. The molecule has 0 saturated carbocycles. The first-order valence-electron chi connectivity index (χ1n) is 13.7. The fourth-order valence-electron chi connectivity index (χ4n) is 5.66. The van der Waals surface area contributed by atoms with Gasteiger partial charge in [0.1, 0.15) is 18.4 Å². The van der Waals surface area contributed by atoms with Gasteiger partial charge in [-0.2, -0.15) is 0 Å². The first-order valence-corrected chi connectivity index (χ1v) is 13.7. The minimum atomic E-state index is -0.929. The van der Waals surface area contributed by atoms with Crippen LogP contribution in [-0.2, 0) is 20.9 Å². The van der Waals surface area contributed by atoms with E-state index < -0.39 is 41.9 Å². The number of rotatable bonds is 8. The standard InChI is InChI=1S/C32H28FN3O6/c33-22-12-10-20(11-13-22)17-36(28(37)18-35-25-9-5-4-8-24(25)30(38)32(35)40)29(21-6-2-1-3-7-21)31(39)34-23-14-15-26-27(16-23)42-19-41-26/h1-2,4-5,8-16,21,29H,3,6-7,17-19H2,(H,34,39)/t21-,29-/m1/s1. The minimum Gasteiger partial charge on any atom is -0.454 e. The first-order chi connectivity index (χ1) is 20.4. The Morgan fingerprint density at radius 1 is 1.00 bits per heavy atom. The molecule has 2 atom stereocenters. The van der Waals surface area contributed by atoms with Gasteiger partial charge in [-0.3, -0.25) is 24.1 Å². The van der Waals surface area contributed by atoms with E-state index in [1.807, 2.05) is 12.2 Å². The smallest absolute Gasteiger partial charge is 0.299 e. The molecule has 3 amide bonds. The van der Waals surface area contributed by atoms with Crippen LogP contribution in [0.3, 0.4) is 0 Å². The zero-order valence-electron chi connectivity index (χ0n) is 22.6. The van der Waals surface area contributed by atoms with E-state index in [4.69, 9.17) is 9.47 Å². The summed E-state index contributed by atoms with van der Waals surface area (Å²) in [6.45, 7) is -0.347. The molecule has 10 heteroatoms. The molecule has 3 aromatic carbocycles. The lowest BCUT2D eigenvalue weighted by Gasteiger charge is -2.37.